The Bertz CT molecular complexity index is 1150. The van der Waals surface area contributed by atoms with Crippen LogP contribution in [-0.4, -0.2) is 32.3 Å². The van der Waals surface area contributed by atoms with Gasteiger partial charge >= 0.3 is 6.09 Å². The van der Waals surface area contributed by atoms with Crippen molar-refractivity contribution in [2.75, 3.05) is 4.90 Å². The number of aromatic nitrogens is 3. The van der Waals surface area contributed by atoms with E-state index in [-0.39, 0.29) is 0 Å². The molecule has 0 atom stereocenters. The molecule has 0 spiro atoms. The molecule has 4 rings (SSSR count). The van der Waals surface area contributed by atoms with Crippen molar-refractivity contribution in [2.45, 2.75) is 0 Å². The van der Waals surface area contributed by atoms with Gasteiger partial charge in [-0.05, 0) is 30.3 Å². The third-order valence-corrected chi connectivity index (χ3v) is 4.17. The molecule has 0 saturated heterocycles. The van der Waals surface area contributed by atoms with E-state index in [2.05, 4.69) is 10.1 Å². The molecular formula is C20H14N4O3. The van der Waals surface area contributed by atoms with E-state index in [4.69, 9.17) is 0 Å². The molecule has 0 aliphatic rings. The van der Waals surface area contributed by atoms with Crippen LogP contribution in [0.3, 0.4) is 0 Å². The van der Waals surface area contributed by atoms with Crippen LogP contribution in [0.5, 0.6) is 0 Å². The number of fused-ring (bicyclic) bond motifs is 1. The number of carboxylic acid groups (broad SMARTS) is 1. The summed E-state index contributed by atoms with van der Waals surface area (Å²) in [4.78, 5) is 28.9. The monoisotopic (exact) mass is 358 g/mol. The van der Waals surface area contributed by atoms with Crippen molar-refractivity contribution in [1.29, 1.82) is 0 Å². The second kappa shape index (κ2) is 6.72. The molecule has 4 aromatic rings. The van der Waals surface area contributed by atoms with E-state index >= 15 is 0 Å². The fraction of sp³-hybridized carbons (Fsp3) is 0. The van der Waals surface area contributed by atoms with E-state index in [1.165, 1.54) is 17.1 Å². The van der Waals surface area contributed by atoms with Gasteiger partial charge in [0.05, 0.1) is 35.0 Å². The van der Waals surface area contributed by atoms with Crippen LogP contribution in [0.2, 0.25) is 0 Å². The van der Waals surface area contributed by atoms with Gasteiger partial charge in [0.2, 0.25) is 0 Å². The third-order valence-electron chi connectivity index (χ3n) is 4.17. The van der Waals surface area contributed by atoms with Gasteiger partial charge in [-0.15, -0.1) is 0 Å². The Morgan fingerprint density at radius 3 is 2.67 bits per heavy atom. The molecule has 27 heavy (non-hydrogen) atoms. The number of carbonyl (C=O) groups is 2. The zero-order valence-electron chi connectivity index (χ0n) is 14.1. The lowest BCUT2D eigenvalue weighted by molar-refractivity contribution is 0.111. The van der Waals surface area contributed by atoms with Crippen LogP contribution >= 0.6 is 0 Å². The average Bonchev–Trinajstić information content (AvgIpc) is 3.17. The van der Waals surface area contributed by atoms with E-state index in [1.807, 2.05) is 24.3 Å². The van der Waals surface area contributed by atoms with E-state index in [1.54, 1.807) is 36.4 Å². The molecule has 0 unspecified atom stereocenters. The van der Waals surface area contributed by atoms with Crippen molar-refractivity contribution in [3.05, 3.63) is 78.8 Å². The molecule has 2 aromatic carbocycles. The second-order valence-corrected chi connectivity index (χ2v) is 5.78. The van der Waals surface area contributed by atoms with E-state index in [9.17, 15) is 14.7 Å². The van der Waals surface area contributed by atoms with Crippen LogP contribution in [0.4, 0.5) is 16.2 Å². The summed E-state index contributed by atoms with van der Waals surface area (Å²) in [6.45, 7) is 0. The molecule has 0 saturated carbocycles. The number of nitrogens with zero attached hydrogens (tertiary/aromatic N) is 4. The van der Waals surface area contributed by atoms with Crippen molar-refractivity contribution in [3.63, 3.8) is 0 Å². The van der Waals surface area contributed by atoms with E-state index in [0.29, 0.717) is 29.0 Å². The summed E-state index contributed by atoms with van der Waals surface area (Å²) in [5, 5.41) is 14.9. The van der Waals surface area contributed by atoms with Gasteiger partial charge in [0.1, 0.15) is 5.69 Å². The summed E-state index contributed by atoms with van der Waals surface area (Å²) >= 11 is 0. The van der Waals surface area contributed by atoms with Crippen molar-refractivity contribution in [1.82, 2.24) is 14.8 Å². The Kier molecular flexibility index (Phi) is 4.10. The molecule has 0 radical (unpaired) electrons. The predicted octanol–water partition coefficient (Wildman–Crippen LogP) is 4.05. The molecule has 0 aliphatic carbocycles. The molecule has 2 aromatic heterocycles. The number of amides is 1. The quantitative estimate of drug-likeness (QED) is 0.556. The molecule has 132 valence electrons. The number of pyridine rings is 1. The molecule has 0 aliphatic heterocycles. The zero-order chi connectivity index (χ0) is 18.8. The number of carbonyl (C=O) groups excluding carboxylic acids is 1. The Labute approximate surface area is 154 Å². The Balaban J connectivity index is 1.91. The molecule has 2 heterocycles. The fourth-order valence-electron chi connectivity index (χ4n) is 2.97. The van der Waals surface area contributed by atoms with Gasteiger partial charge < -0.3 is 5.11 Å². The van der Waals surface area contributed by atoms with Crippen LogP contribution < -0.4 is 4.90 Å². The lowest BCUT2D eigenvalue weighted by Crippen LogP contribution is -2.25. The van der Waals surface area contributed by atoms with Gasteiger partial charge in [0.25, 0.3) is 0 Å². The first-order valence-corrected chi connectivity index (χ1v) is 8.15. The smallest absolute Gasteiger partial charge is 0.416 e. The largest absolute Gasteiger partial charge is 0.464 e. The Morgan fingerprint density at radius 2 is 1.85 bits per heavy atom. The first-order valence-electron chi connectivity index (χ1n) is 8.15. The lowest BCUT2D eigenvalue weighted by atomic mass is 10.2. The summed E-state index contributed by atoms with van der Waals surface area (Å²) in [7, 11) is 0. The van der Waals surface area contributed by atoms with E-state index < -0.39 is 6.09 Å². The van der Waals surface area contributed by atoms with Gasteiger partial charge in [-0.3, -0.25) is 9.78 Å². The number of rotatable bonds is 4. The summed E-state index contributed by atoms with van der Waals surface area (Å²) < 4.78 is 1.41. The minimum atomic E-state index is -1.17. The minimum absolute atomic E-state index is 0.324. The van der Waals surface area contributed by atoms with Gasteiger partial charge in [-0.1, -0.05) is 30.3 Å². The average molecular weight is 358 g/mol. The van der Waals surface area contributed by atoms with Crippen LogP contribution in [0.1, 0.15) is 10.5 Å². The first kappa shape index (κ1) is 16.5. The molecule has 1 N–H and O–H groups in total. The predicted molar refractivity (Wildman–Crippen MR) is 101 cm³/mol. The SMILES string of the molecule is O=Cc1ccnn1-c1ccccc1N(C(=O)O)c1cnc2ccccc2c1. The standard InChI is InChI=1S/C20H14N4O3/c25-13-15-9-10-22-24(15)19-8-4-3-7-18(19)23(20(26)27)16-11-14-5-1-2-6-17(14)21-12-16/h1-13H,(H,26,27). The topological polar surface area (TPSA) is 88.3 Å². The Hall–Kier alpha value is -4.00. The van der Waals surface area contributed by atoms with Crippen molar-refractivity contribution in [2.24, 2.45) is 0 Å². The maximum absolute atomic E-state index is 12.1. The number of hydrogen-bond donors (Lipinski definition) is 1. The van der Waals surface area contributed by atoms with E-state index in [0.717, 1.165) is 15.8 Å². The molecule has 1 amide bonds. The highest BCUT2D eigenvalue weighted by molar-refractivity contribution is 5.99. The Morgan fingerprint density at radius 1 is 1.07 bits per heavy atom. The van der Waals surface area contributed by atoms with Crippen molar-refractivity contribution >= 4 is 34.7 Å². The van der Waals surface area contributed by atoms with Crippen molar-refractivity contribution in [3.8, 4) is 5.69 Å². The number of para-hydroxylation sites is 3. The molecule has 7 heteroatoms. The normalized spacial score (nSPS) is 10.7. The van der Waals surface area contributed by atoms with Gasteiger partial charge in [0.15, 0.2) is 6.29 Å². The molecule has 7 nitrogen and oxygen atoms in total. The molecule has 0 bridgehead atoms. The van der Waals surface area contributed by atoms with Crippen LogP contribution in [0, 0.1) is 0 Å². The fourth-order valence-corrected chi connectivity index (χ4v) is 2.97. The van der Waals surface area contributed by atoms with Gasteiger partial charge in [-0.2, -0.15) is 5.10 Å². The maximum atomic E-state index is 12.1. The van der Waals surface area contributed by atoms with Gasteiger partial charge in [0, 0.05) is 5.39 Å². The minimum Gasteiger partial charge on any atom is -0.464 e. The molecular weight excluding hydrogens is 344 g/mol. The lowest BCUT2D eigenvalue weighted by Gasteiger charge is -2.22. The second-order valence-electron chi connectivity index (χ2n) is 5.78. The summed E-state index contributed by atoms with van der Waals surface area (Å²) in [5.41, 5.74) is 2.34. The number of aldehydes is 1. The number of hydrogen-bond acceptors (Lipinski definition) is 4. The van der Waals surface area contributed by atoms with Crippen LogP contribution in [0.25, 0.3) is 16.6 Å². The first-order chi connectivity index (χ1) is 13.2. The zero-order valence-corrected chi connectivity index (χ0v) is 14.1. The summed E-state index contributed by atoms with van der Waals surface area (Å²) in [6.07, 6.45) is 2.51. The number of anilines is 2. The van der Waals surface area contributed by atoms with Crippen molar-refractivity contribution < 1.29 is 14.7 Å². The number of benzene rings is 2. The third kappa shape index (κ3) is 2.91. The molecule has 0 fully saturated rings. The highest BCUT2D eigenvalue weighted by atomic mass is 16.4. The van der Waals surface area contributed by atoms with Crippen LogP contribution in [-0.2, 0) is 0 Å². The van der Waals surface area contributed by atoms with Gasteiger partial charge in [-0.25, -0.2) is 14.4 Å². The summed E-state index contributed by atoms with van der Waals surface area (Å²) in [5.74, 6) is 0. The summed E-state index contributed by atoms with van der Waals surface area (Å²) in [6, 6.07) is 17.7. The highest BCUT2D eigenvalue weighted by Gasteiger charge is 2.22. The maximum Gasteiger partial charge on any atom is 0.416 e. The van der Waals surface area contributed by atoms with Crippen LogP contribution in [0.15, 0.2) is 73.1 Å². The highest BCUT2D eigenvalue weighted by Crippen LogP contribution is 2.32.